The SMILES string of the molecule is Cc1ccc(S(=O)(=O)n2ccc3c(-c4cn(C)c5cccc(F)c45)nc(Cl)nc32)cc1. The number of fused-ring (bicyclic) bond motifs is 2. The maximum Gasteiger partial charge on any atom is 0.269 e. The van der Waals surface area contributed by atoms with E-state index in [1.54, 1.807) is 60.3 Å². The molecule has 9 heteroatoms. The third-order valence-electron chi connectivity index (χ3n) is 5.28. The number of rotatable bonds is 3. The fraction of sp³-hybridized carbons (Fsp3) is 0.0909. The van der Waals surface area contributed by atoms with Crippen molar-refractivity contribution in [2.75, 3.05) is 0 Å². The zero-order chi connectivity index (χ0) is 21.9. The van der Waals surface area contributed by atoms with E-state index in [9.17, 15) is 12.8 Å². The van der Waals surface area contributed by atoms with Crippen molar-refractivity contribution in [1.29, 1.82) is 0 Å². The Bertz CT molecular complexity index is 1590. The maximum atomic E-state index is 14.7. The molecule has 0 N–H and O–H groups in total. The quantitative estimate of drug-likeness (QED) is 0.362. The molecular weight excluding hydrogens is 439 g/mol. The van der Waals surface area contributed by atoms with E-state index in [2.05, 4.69) is 9.97 Å². The lowest BCUT2D eigenvalue weighted by molar-refractivity contribution is 0.588. The molecule has 0 atom stereocenters. The summed E-state index contributed by atoms with van der Waals surface area (Å²) in [6.07, 6.45) is 3.16. The summed E-state index contributed by atoms with van der Waals surface area (Å²) in [5, 5.41) is 0.709. The van der Waals surface area contributed by atoms with Gasteiger partial charge >= 0.3 is 0 Å². The minimum Gasteiger partial charge on any atom is -0.350 e. The van der Waals surface area contributed by atoms with Gasteiger partial charge < -0.3 is 4.57 Å². The highest BCUT2D eigenvalue weighted by Gasteiger charge is 2.24. The molecular formula is C22H16ClFN4O2S. The van der Waals surface area contributed by atoms with Crippen molar-refractivity contribution in [2.24, 2.45) is 7.05 Å². The lowest BCUT2D eigenvalue weighted by Crippen LogP contribution is -2.12. The summed E-state index contributed by atoms with van der Waals surface area (Å²) >= 11 is 6.19. The van der Waals surface area contributed by atoms with Crippen molar-refractivity contribution in [3.63, 3.8) is 0 Å². The molecule has 6 nitrogen and oxygen atoms in total. The van der Waals surface area contributed by atoms with Crippen LogP contribution in [0.4, 0.5) is 4.39 Å². The van der Waals surface area contributed by atoms with Crippen LogP contribution >= 0.6 is 11.6 Å². The van der Waals surface area contributed by atoms with E-state index < -0.39 is 15.8 Å². The average molecular weight is 455 g/mol. The lowest BCUT2D eigenvalue weighted by atomic mass is 10.1. The zero-order valence-corrected chi connectivity index (χ0v) is 18.1. The van der Waals surface area contributed by atoms with E-state index in [-0.39, 0.29) is 15.8 Å². The Morgan fingerprint density at radius 2 is 1.77 bits per heavy atom. The van der Waals surface area contributed by atoms with Crippen LogP contribution in [0.2, 0.25) is 5.28 Å². The number of aromatic nitrogens is 4. The van der Waals surface area contributed by atoms with Gasteiger partial charge in [0.25, 0.3) is 10.0 Å². The molecule has 0 aliphatic carbocycles. The summed E-state index contributed by atoms with van der Waals surface area (Å²) in [7, 11) is -2.11. The van der Waals surface area contributed by atoms with Crippen LogP contribution in [0.1, 0.15) is 5.56 Å². The van der Waals surface area contributed by atoms with Gasteiger partial charge in [0.1, 0.15) is 5.82 Å². The molecule has 0 aliphatic rings. The molecule has 3 aromatic heterocycles. The Balaban J connectivity index is 1.80. The largest absolute Gasteiger partial charge is 0.350 e. The summed E-state index contributed by atoms with van der Waals surface area (Å²) in [4.78, 5) is 8.63. The predicted molar refractivity (Wildman–Crippen MR) is 118 cm³/mol. The summed E-state index contributed by atoms with van der Waals surface area (Å²) in [5.74, 6) is -0.400. The second-order valence-electron chi connectivity index (χ2n) is 7.30. The predicted octanol–water partition coefficient (Wildman–Crippen LogP) is 4.93. The lowest BCUT2D eigenvalue weighted by Gasteiger charge is -2.08. The Kier molecular flexibility index (Phi) is 4.39. The molecule has 0 unspecified atom stereocenters. The third-order valence-corrected chi connectivity index (χ3v) is 7.13. The van der Waals surface area contributed by atoms with Crippen molar-refractivity contribution in [3.8, 4) is 11.3 Å². The Labute approximate surface area is 182 Å². The first-order valence-corrected chi connectivity index (χ1v) is 11.2. The first kappa shape index (κ1) is 19.7. The van der Waals surface area contributed by atoms with E-state index in [1.165, 1.54) is 12.3 Å². The van der Waals surface area contributed by atoms with Gasteiger partial charge in [-0.15, -0.1) is 0 Å². The van der Waals surface area contributed by atoms with Gasteiger partial charge in [-0.25, -0.2) is 21.8 Å². The maximum absolute atomic E-state index is 14.7. The fourth-order valence-electron chi connectivity index (χ4n) is 3.77. The number of hydrogen-bond donors (Lipinski definition) is 0. The summed E-state index contributed by atoms with van der Waals surface area (Å²) in [5.41, 5.74) is 2.63. The first-order valence-electron chi connectivity index (χ1n) is 9.38. The molecule has 156 valence electrons. The Hall–Kier alpha value is -3.23. The normalized spacial score (nSPS) is 12.1. The molecule has 0 saturated carbocycles. The molecule has 2 aromatic carbocycles. The zero-order valence-electron chi connectivity index (χ0n) is 16.5. The van der Waals surface area contributed by atoms with Gasteiger partial charge in [-0.2, -0.15) is 4.98 Å². The molecule has 0 amide bonds. The molecule has 0 spiro atoms. The van der Waals surface area contributed by atoms with Gasteiger partial charge in [0.2, 0.25) is 5.28 Å². The number of nitrogens with zero attached hydrogens (tertiary/aromatic N) is 4. The van der Waals surface area contributed by atoms with Gasteiger partial charge in [0.05, 0.1) is 16.1 Å². The van der Waals surface area contributed by atoms with Crippen molar-refractivity contribution in [2.45, 2.75) is 11.8 Å². The Morgan fingerprint density at radius 1 is 1.03 bits per heavy atom. The van der Waals surface area contributed by atoms with Crippen molar-refractivity contribution < 1.29 is 12.8 Å². The van der Waals surface area contributed by atoms with E-state index in [1.807, 2.05) is 6.92 Å². The Morgan fingerprint density at radius 3 is 2.52 bits per heavy atom. The number of halogens is 2. The topological polar surface area (TPSA) is 69.8 Å². The number of benzene rings is 2. The van der Waals surface area contributed by atoms with Crippen molar-refractivity contribution >= 4 is 43.6 Å². The highest BCUT2D eigenvalue weighted by atomic mass is 35.5. The van der Waals surface area contributed by atoms with Gasteiger partial charge in [-0.1, -0.05) is 23.8 Å². The molecule has 3 heterocycles. The van der Waals surface area contributed by atoms with Crippen LogP contribution in [0.5, 0.6) is 0 Å². The van der Waals surface area contributed by atoms with Gasteiger partial charge in [0, 0.05) is 35.8 Å². The van der Waals surface area contributed by atoms with Crippen LogP contribution < -0.4 is 0 Å². The monoisotopic (exact) mass is 454 g/mol. The van der Waals surface area contributed by atoms with E-state index >= 15 is 0 Å². The van der Waals surface area contributed by atoms with Crippen LogP contribution in [0.15, 0.2) is 65.8 Å². The van der Waals surface area contributed by atoms with Gasteiger partial charge in [-0.05, 0) is 48.9 Å². The van der Waals surface area contributed by atoms with Crippen LogP contribution in [0, 0.1) is 12.7 Å². The fourth-order valence-corrected chi connectivity index (χ4v) is 5.23. The minimum absolute atomic E-state index is 0.128. The molecule has 0 radical (unpaired) electrons. The van der Waals surface area contributed by atoms with E-state index in [4.69, 9.17) is 11.6 Å². The third kappa shape index (κ3) is 3.02. The molecule has 0 fully saturated rings. The number of hydrogen-bond acceptors (Lipinski definition) is 4. The smallest absolute Gasteiger partial charge is 0.269 e. The van der Waals surface area contributed by atoms with Gasteiger partial charge in [-0.3, -0.25) is 0 Å². The first-order chi connectivity index (χ1) is 14.8. The molecule has 5 rings (SSSR count). The van der Waals surface area contributed by atoms with Crippen LogP contribution in [-0.4, -0.2) is 26.9 Å². The molecule has 0 aliphatic heterocycles. The molecule has 0 bridgehead atoms. The molecule has 31 heavy (non-hydrogen) atoms. The van der Waals surface area contributed by atoms with Crippen molar-refractivity contribution in [1.82, 2.24) is 18.5 Å². The van der Waals surface area contributed by atoms with E-state index in [0.29, 0.717) is 27.5 Å². The summed E-state index contributed by atoms with van der Waals surface area (Å²) < 4.78 is 44.1. The average Bonchev–Trinajstić information content (AvgIpc) is 3.30. The highest BCUT2D eigenvalue weighted by molar-refractivity contribution is 7.90. The van der Waals surface area contributed by atoms with Crippen LogP contribution in [0.25, 0.3) is 33.2 Å². The van der Waals surface area contributed by atoms with Gasteiger partial charge in [0.15, 0.2) is 5.65 Å². The second-order valence-corrected chi connectivity index (χ2v) is 9.45. The van der Waals surface area contributed by atoms with Crippen LogP contribution in [-0.2, 0) is 17.1 Å². The van der Waals surface area contributed by atoms with Crippen molar-refractivity contribution in [3.05, 3.63) is 77.6 Å². The van der Waals surface area contributed by atoms with Crippen LogP contribution in [0.3, 0.4) is 0 Å². The summed E-state index contributed by atoms with van der Waals surface area (Å²) in [6, 6.07) is 12.9. The molecule has 5 aromatic rings. The molecule has 0 saturated heterocycles. The minimum atomic E-state index is -3.91. The van der Waals surface area contributed by atoms with E-state index in [0.717, 1.165) is 9.54 Å². The number of aryl methyl sites for hydroxylation is 2. The standard InChI is InChI=1S/C22H16ClFN4O2S/c1-13-6-8-14(9-7-13)31(29,30)28-11-10-15-20(25-22(23)26-21(15)28)16-12-27(2)18-5-3-4-17(24)19(16)18/h3-12H,1-2H3. The second kappa shape index (κ2) is 6.90. The summed E-state index contributed by atoms with van der Waals surface area (Å²) in [6.45, 7) is 1.88. The highest BCUT2D eigenvalue weighted by Crippen LogP contribution is 2.36.